The molecule has 0 aliphatic heterocycles. The van der Waals surface area contributed by atoms with Crippen molar-refractivity contribution in [3.8, 4) is 0 Å². The van der Waals surface area contributed by atoms with E-state index < -0.39 is 11.6 Å². The summed E-state index contributed by atoms with van der Waals surface area (Å²) in [6.07, 6.45) is 2.43. The van der Waals surface area contributed by atoms with E-state index >= 15 is 0 Å². The summed E-state index contributed by atoms with van der Waals surface area (Å²) >= 11 is 0. The predicted octanol–water partition coefficient (Wildman–Crippen LogP) is 1.03. The van der Waals surface area contributed by atoms with Crippen LogP contribution >= 0.6 is 0 Å². The van der Waals surface area contributed by atoms with Gasteiger partial charge in [0, 0.05) is 13.0 Å². The summed E-state index contributed by atoms with van der Waals surface area (Å²) in [5.41, 5.74) is -1.54. The second-order valence-electron chi connectivity index (χ2n) is 4.01. The Morgan fingerprint density at radius 2 is 2.14 bits per heavy atom. The number of hydrogen-bond acceptors (Lipinski definition) is 3. The number of hydrogen-bond donors (Lipinski definition) is 2. The maximum absolute atomic E-state index is 10.9. The van der Waals surface area contributed by atoms with Crippen LogP contribution in [0.4, 0.5) is 0 Å². The van der Waals surface area contributed by atoms with E-state index in [0.717, 1.165) is 0 Å². The fourth-order valence-electron chi connectivity index (χ4n) is 2.01. The molecule has 1 saturated carbocycles. The number of aliphatic hydroxyl groups is 1. The normalized spacial score (nSPS) is 30.5. The number of carboxylic acid groups (broad SMARTS) is 1. The van der Waals surface area contributed by atoms with Gasteiger partial charge >= 0.3 is 5.97 Å². The molecule has 1 fully saturated rings. The highest BCUT2D eigenvalue weighted by atomic mass is 16.5. The van der Waals surface area contributed by atoms with E-state index in [-0.39, 0.29) is 12.0 Å². The van der Waals surface area contributed by atoms with Gasteiger partial charge in [0.25, 0.3) is 0 Å². The Hall–Kier alpha value is -0.610. The molecule has 0 aromatic heterocycles. The monoisotopic (exact) mass is 202 g/mol. The van der Waals surface area contributed by atoms with Crippen molar-refractivity contribution < 1.29 is 19.7 Å². The Bertz CT molecular complexity index is 210. The van der Waals surface area contributed by atoms with Gasteiger partial charge in [0.15, 0.2) is 5.60 Å². The highest BCUT2D eigenvalue weighted by molar-refractivity contribution is 5.77. The maximum Gasteiger partial charge on any atom is 0.335 e. The average Bonchev–Trinajstić information content (AvgIpc) is 2.02. The lowest BCUT2D eigenvalue weighted by Crippen LogP contribution is -2.52. The van der Waals surface area contributed by atoms with Gasteiger partial charge in [-0.25, -0.2) is 4.79 Å². The molecule has 14 heavy (non-hydrogen) atoms. The zero-order valence-electron chi connectivity index (χ0n) is 8.69. The van der Waals surface area contributed by atoms with E-state index in [9.17, 15) is 9.90 Å². The number of carbonyl (C=O) groups is 1. The van der Waals surface area contributed by atoms with E-state index in [1.54, 1.807) is 7.11 Å². The van der Waals surface area contributed by atoms with Gasteiger partial charge in [-0.3, -0.25) is 0 Å². The minimum absolute atomic E-state index is 0.128. The highest BCUT2D eigenvalue weighted by Gasteiger charge is 2.49. The average molecular weight is 202 g/mol. The van der Waals surface area contributed by atoms with Crippen molar-refractivity contribution in [3.63, 3.8) is 0 Å². The quantitative estimate of drug-likeness (QED) is 0.698. The van der Waals surface area contributed by atoms with Crippen molar-refractivity contribution in [1.29, 1.82) is 0 Å². The van der Waals surface area contributed by atoms with Gasteiger partial charge in [0.1, 0.15) is 0 Å². The molecular weight excluding hydrogens is 184 g/mol. The van der Waals surface area contributed by atoms with Gasteiger partial charge < -0.3 is 14.9 Å². The Kier molecular flexibility index (Phi) is 3.50. The topological polar surface area (TPSA) is 66.8 Å². The van der Waals surface area contributed by atoms with Crippen LogP contribution in [-0.4, -0.2) is 35.0 Å². The van der Waals surface area contributed by atoms with Crippen molar-refractivity contribution in [3.05, 3.63) is 0 Å². The fourth-order valence-corrected chi connectivity index (χ4v) is 2.01. The lowest BCUT2D eigenvalue weighted by molar-refractivity contribution is -0.177. The van der Waals surface area contributed by atoms with Crippen LogP contribution in [0.3, 0.4) is 0 Å². The lowest BCUT2D eigenvalue weighted by atomic mass is 9.69. The van der Waals surface area contributed by atoms with Crippen molar-refractivity contribution >= 4 is 5.97 Å². The van der Waals surface area contributed by atoms with Gasteiger partial charge in [0.2, 0.25) is 0 Å². The molecule has 1 atom stereocenters. The molecule has 4 heteroatoms. The van der Waals surface area contributed by atoms with Gasteiger partial charge in [-0.15, -0.1) is 0 Å². The molecule has 1 aliphatic carbocycles. The second-order valence-corrected chi connectivity index (χ2v) is 4.01. The summed E-state index contributed by atoms with van der Waals surface area (Å²) in [5.74, 6) is -1.25. The Morgan fingerprint density at radius 1 is 1.57 bits per heavy atom. The molecule has 0 radical (unpaired) electrons. The van der Waals surface area contributed by atoms with Gasteiger partial charge in [0.05, 0.1) is 6.10 Å². The Morgan fingerprint density at radius 3 is 2.50 bits per heavy atom. The zero-order valence-corrected chi connectivity index (χ0v) is 8.69. The number of ether oxygens (including phenoxy) is 1. The Balaban J connectivity index is 2.57. The summed E-state index contributed by atoms with van der Waals surface area (Å²) < 4.78 is 5.07. The van der Waals surface area contributed by atoms with Crippen molar-refractivity contribution in [2.24, 2.45) is 5.92 Å². The number of methoxy groups -OCH3 is 1. The van der Waals surface area contributed by atoms with Crippen LogP contribution in [-0.2, 0) is 9.53 Å². The van der Waals surface area contributed by atoms with Crippen molar-refractivity contribution in [2.75, 3.05) is 7.11 Å². The summed E-state index contributed by atoms with van der Waals surface area (Å²) in [4.78, 5) is 10.9. The molecule has 1 unspecified atom stereocenters. The standard InChI is InChI=1S/C10H18O4/c1-3-4-10(13,9(11)12)7-5-8(6-7)14-2/h7-8,13H,3-6H2,1-2H3,(H,11,12). The SMILES string of the molecule is CCCC(O)(C(=O)O)C1CC(OC)C1. The first-order valence-corrected chi connectivity index (χ1v) is 5.03. The molecule has 0 saturated heterocycles. The molecule has 4 nitrogen and oxygen atoms in total. The first-order valence-electron chi connectivity index (χ1n) is 5.03. The van der Waals surface area contributed by atoms with Crippen LogP contribution in [0.5, 0.6) is 0 Å². The molecule has 0 bridgehead atoms. The summed E-state index contributed by atoms with van der Waals surface area (Å²) in [5, 5.41) is 18.9. The largest absolute Gasteiger partial charge is 0.479 e. The van der Waals surface area contributed by atoms with Gasteiger partial charge in [-0.05, 0) is 19.3 Å². The first-order chi connectivity index (χ1) is 6.54. The maximum atomic E-state index is 10.9. The minimum Gasteiger partial charge on any atom is -0.479 e. The van der Waals surface area contributed by atoms with Crippen molar-refractivity contribution in [1.82, 2.24) is 0 Å². The molecule has 0 amide bonds. The first kappa shape index (κ1) is 11.5. The zero-order chi connectivity index (χ0) is 10.8. The third-order valence-electron chi connectivity index (χ3n) is 3.11. The molecule has 0 heterocycles. The second kappa shape index (κ2) is 4.28. The van der Waals surface area contributed by atoms with Crippen LogP contribution in [0, 0.1) is 5.92 Å². The molecule has 82 valence electrons. The summed E-state index contributed by atoms with van der Waals surface area (Å²) in [7, 11) is 1.61. The smallest absolute Gasteiger partial charge is 0.335 e. The molecule has 2 N–H and O–H groups in total. The predicted molar refractivity (Wildman–Crippen MR) is 51.0 cm³/mol. The number of aliphatic carboxylic acids is 1. The highest BCUT2D eigenvalue weighted by Crippen LogP contribution is 2.40. The van der Waals surface area contributed by atoms with Crippen LogP contribution in [0.1, 0.15) is 32.6 Å². The third kappa shape index (κ3) is 1.91. The van der Waals surface area contributed by atoms with E-state index in [4.69, 9.17) is 9.84 Å². The lowest BCUT2D eigenvalue weighted by Gasteiger charge is -2.42. The Labute approximate surface area is 83.9 Å². The summed E-state index contributed by atoms with van der Waals surface area (Å²) in [6.45, 7) is 1.88. The molecule has 0 spiro atoms. The third-order valence-corrected chi connectivity index (χ3v) is 3.11. The van der Waals surface area contributed by atoms with Gasteiger partial charge in [-0.1, -0.05) is 13.3 Å². The summed E-state index contributed by atoms with van der Waals surface area (Å²) in [6, 6.07) is 0. The molecule has 0 aromatic carbocycles. The van der Waals surface area contributed by atoms with Crippen molar-refractivity contribution in [2.45, 2.75) is 44.3 Å². The molecular formula is C10H18O4. The van der Waals surface area contributed by atoms with E-state index in [0.29, 0.717) is 25.7 Å². The van der Waals surface area contributed by atoms with Crippen LogP contribution in [0.2, 0.25) is 0 Å². The number of carboxylic acids is 1. The van der Waals surface area contributed by atoms with Gasteiger partial charge in [-0.2, -0.15) is 0 Å². The van der Waals surface area contributed by atoms with Crippen LogP contribution < -0.4 is 0 Å². The van der Waals surface area contributed by atoms with Crippen LogP contribution in [0.25, 0.3) is 0 Å². The van der Waals surface area contributed by atoms with E-state index in [2.05, 4.69) is 0 Å². The van der Waals surface area contributed by atoms with E-state index in [1.807, 2.05) is 6.92 Å². The van der Waals surface area contributed by atoms with E-state index in [1.165, 1.54) is 0 Å². The fraction of sp³-hybridized carbons (Fsp3) is 0.900. The number of rotatable bonds is 5. The molecule has 1 rings (SSSR count). The molecule has 0 aromatic rings. The minimum atomic E-state index is -1.54. The van der Waals surface area contributed by atoms with Crippen LogP contribution in [0.15, 0.2) is 0 Å². The molecule has 1 aliphatic rings.